The lowest BCUT2D eigenvalue weighted by atomic mass is 10.0. The van der Waals surface area contributed by atoms with Crippen LogP contribution in [0.5, 0.6) is 0 Å². The number of anilines is 1. The highest BCUT2D eigenvalue weighted by atomic mass is 16.5. The molecule has 0 spiro atoms. The minimum Gasteiger partial charge on any atom is -0.353 e. The van der Waals surface area contributed by atoms with Crippen molar-refractivity contribution in [3.8, 4) is 11.3 Å². The summed E-state index contributed by atoms with van der Waals surface area (Å²) in [5.41, 5.74) is 2.44. The maximum Gasteiger partial charge on any atom is 0.263 e. The summed E-state index contributed by atoms with van der Waals surface area (Å²) in [6, 6.07) is 14.8. The fraction of sp³-hybridized carbons (Fsp3) is 0.348. The number of nitrogens with zero attached hydrogens (tertiary/aromatic N) is 4. The van der Waals surface area contributed by atoms with Gasteiger partial charge in [-0.1, -0.05) is 54.9 Å². The van der Waals surface area contributed by atoms with E-state index in [2.05, 4.69) is 64.8 Å². The Labute approximate surface area is 169 Å². The quantitative estimate of drug-likeness (QED) is 0.554. The van der Waals surface area contributed by atoms with E-state index >= 15 is 0 Å². The van der Waals surface area contributed by atoms with Gasteiger partial charge in [0.05, 0.1) is 0 Å². The van der Waals surface area contributed by atoms with E-state index in [1.54, 1.807) is 0 Å². The Hall–Kier alpha value is -2.99. The Balaban J connectivity index is 1.67. The van der Waals surface area contributed by atoms with Gasteiger partial charge in [0.2, 0.25) is 0 Å². The molecule has 2 aromatic heterocycles. The number of benzene rings is 2. The Morgan fingerprint density at radius 3 is 2.69 bits per heavy atom. The second kappa shape index (κ2) is 7.79. The third-order valence-corrected chi connectivity index (χ3v) is 5.56. The average molecular weight is 387 g/mol. The van der Waals surface area contributed by atoms with E-state index in [4.69, 9.17) is 14.5 Å². The monoisotopic (exact) mass is 387 g/mol. The van der Waals surface area contributed by atoms with Gasteiger partial charge in [-0.3, -0.25) is 0 Å². The molecule has 1 aliphatic heterocycles. The van der Waals surface area contributed by atoms with E-state index in [1.165, 1.54) is 10.8 Å². The summed E-state index contributed by atoms with van der Waals surface area (Å²) in [7, 11) is 0. The van der Waals surface area contributed by atoms with Crippen LogP contribution in [0, 0.1) is 0 Å². The molecule has 0 bridgehead atoms. The molecule has 0 radical (unpaired) electrons. The first-order chi connectivity index (χ1) is 14.3. The van der Waals surface area contributed by atoms with Gasteiger partial charge in [-0.15, -0.1) is 0 Å². The first-order valence-electron chi connectivity index (χ1n) is 10.4. The van der Waals surface area contributed by atoms with Gasteiger partial charge in [-0.25, -0.2) is 4.98 Å². The highest BCUT2D eigenvalue weighted by molar-refractivity contribution is 6.00. The predicted octanol–water partition coefficient (Wildman–Crippen LogP) is 4.19. The number of rotatable bonds is 5. The van der Waals surface area contributed by atoms with Gasteiger partial charge in [0.15, 0.2) is 0 Å². The van der Waals surface area contributed by atoms with E-state index in [0.29, 0.717) is 5.71 Å². The van der Waals surface area contributed by atoms with Crippen molar-refractivity contribution in [2.24, 2.45) is 0 Å². The van der Waals surface area contributed by atoms with E-state index in [-0.39, 0.29) is 0 Å². The predicted molar refractivity (Wildman–Crippen MR) is 116 cm³/mol. The van der Waals surface area contributed by atoms with Gasteiger partial charge >= 0.3 is 0 Å². The van der Waals surface area contributed by atoms with Crippen molar-refractivity contribution in [3.63, 3.8) is 0 Å². The molecule has 6 heteroatoms. The topological polar surface area (TPSA) is 67.1 Å². The average Bonchev–Trinajstić information content (AvgIpc) is 3.21. The lowest BCUT2D eigenvalue weighted by molar-refractivity contribution is 0.450. The third kappa shape index (κ3) is 3.44. The summed E-state index contributed by atoms with van der Waals surface area (Å²) in [4.78, 5) is 12.0. The Kier molecular flexibility index (Phi) is 4.86. The third-order valence-electron chi connectivity index (χ3n) is 5.56. The molecule has 1 fully saturated rings. The first kappa shape index (κ1) is 18.1. The van der Waals surface area contributed by atoms with Crippen molar-refractivity contribution in [2.75, 3.05) is 31.1 Å². The number of aromatic nitrogens is 3. The van der Waals surface area contributed by atoms with Crippen LogP contribution in [0.25, 0.3) is 33.1 Å². The fourth-order valence-electron chi connectivity index (χ4n) is 3.97. The molecule has 148 valence electrons. The van der Waals surface area contributed by atoms with E-state index < -0.39 is 0 Å². The number of nitrogens with one attached hydrogen (secondary N) is 1. The van der Waals surface area contributed by atoms with Gasteiger partial charge in [0, 0.05) is 38.2 Å². The smallest absolute Gasteiger partial charge is 0.263 e. The molecule has 0 aliphatic carbocycles. The van der Waals surface area contributed by atoms with Crippen molar-refractivity contribution < 1.29 is 4.52 Å². The maximum atomic E-state index is 5.72. The first-order valence-corrected chi connectivity index (χ1v) is 10.4. The number of hydrogen-bond donors (Lipinski definition) is 1. The maximum absolute atomic E-state index is 5.72. The number of aryl methyl sites for hydroxylation is 1. The van der Waals surface area contributed by atoms with Crippen molar-refractivity contribution in [2.45, 2.75) is 26.2 Å². The van der Waals surface area contributed by atoms with Gasteiger partial charge < -0.3 is 14.7 Å². The highest BCUT2D eigenvalue weighted by Crippen LogP contribution is 2.35. The molecule has 4 aromatic rings. The van der Waals surface area contributed by atoms with E-state index in [0.717, 1.165) is 73.7 Å². The minimum atomic E-state index is 0.586. The lowest BCUT2D eigenvalue weighted by Gasteiger charge is -2.29. The van der Waals surface area contributed by atoms with Crippen LogP contribution in [0.2, 0.25) is 0 Å². The SMILES string of the molecule is CCCCc1nc(N2CCNCC2)c2c(-c3ccc4ccccc4c3)noc2n1. The second-order valence-corrected chi connectivity index (χ2v) is 7.58. The Morgan fingerprint density at radius 1 is 1.03 bits per heavy atom. The second-order valence-electron chi connectivity index (χ2n) is 7.58. The van der Waals surface area contributed by atoms with Gasteiger partial charge in [0.1, 0.15) is 22.7 Å². The van der Waals surface area contributed by atoms with E-state index in [1.807, 2.05) is 0 Å². The summed E-state index contributed by atoms with van der Waals surface area (Å²) < 4.78 is 5.72. The van der Waals surface area contributed by atoms with Crippen LogP contribution in [0.1, 0.15) is 25.6 Å². The molecule has 0 atom stereocenters. The van der Waals surface area contributed by atoms with Crippen molar-refractivity contribution in [3.05, 3.63) is 48.3 Å². The van der Waals surface area contributed by atoms with Crippen LogP contribution in [-0.2, 0) is 6.42 Å². The van der Waals surface area contributed by atoms with Gasteiger partial charge in [0.25, 0.3) is 5.71 Å². The van der Waals surface area contributed by atoms with Gasteiger partial charge in [-0.05, 0) is 23.3 Å². The van der Waals surface area contributed by atoms with Crippen LogP contribution < -0.4 is 10.2 Å². The molecule has 29 heavy (non-hydrogen) atoms. The summed E-state index contributed by atoms with van der Waals surface area (Å²) in [6.07, 6.45) is 3.04. The van der Waals surface area contributed by atoms with Crippen LogP contribution in [-0.4, -0.2) is 41.3 Å². The molecule has 1 aliphatic rings. The molecular weight excluding hydrogens is 362 g/mol. The van der Waals surface area contributed by atoms with Crippen molar-refractivity contribution in [1.29, 1.82) is 0 Å². The number of unbranched alkanes of at least 4 members (excludes halogenated alkanes) is 1. The number of hydrogen-bond acceptors (Lipinski definition) is 6. The normalized spacial score (nSPS) is 14.7. The summed E-state index contributed by atoms with van der Waals surface area (Å²) in [5.74, 6) is 1.79. The molecule has 1 saturated heterocycles. The molecule has 2 aromatic carbocycles. The summed E-state index contributed by atoms with van der Waals surface area (Å²) in [6.45, 7) is 5.92. The van der Waals surface area contributed by atoms with Crippen molar-refractivity contribution in [1.82, 2.24) is 20.4 Å². The fourth-order valence-corrected chi connectivity index (χ4v) is 3.97. The molecule has 0 unspecified atom stereocenters. The molecule has 1 N–H and O–H groups in total. The van der Waals surface area contributed by atoms with Crippen LogP contribution in [0.15, 0.2) is 47.0 Å². The Morgan fingerprint density at radius 2 is 1.86 bits per heavy atom. The molecule has 3 heterocycles. The van der Waals surface area contributed by atoms with E-state index in [9.17, 15) is 0 Å². The minimum absolute atomic E-state index is 0.586. The standard InChI is InChI=1S/C23H25N5O/c1-2-3-8-19-25-22(28-13-11-24-12-14-28)20-21(27-29-23(20)26-19)18-10-9-16-6-4-5-7-17(16)15-18/h4-7,9-10,15,24H,2-3,8,11-14H2,1H3. The molecular formula is C23H25N5O. The van der Waals surface area contributed by atoms with Crippen LogP contribution in [0.3, 0.4) is 0 Å². The number of piperazine rings is 1. The zero-order chi connectivity index (χ0) is 19.6. The Bertz CT molecular complexity index is 1150. The molecule has 0 amide bonds. The number of fused-ring (bicyclic) bond motifs is 2. The molecule has 6 nitrogen and oxygen atoms in total. The molecule has 5 rings (SSSR count). The zero-order valence-electron chi connectivity index (χ0n) is 16.7. The lowest BCUT2D eigenvalue weighted by Crippen LogP contribution is -2.44. The largest absolute Gasteiger partial charge is 0.353 e. The summed E-state index contributed by atoms with van der Waals surface area (Å²) in [5, 5.41) is 11.2. The highest BCUT2D eigenvalue weighted by Gasteiger charge is 2.23. The van der Waals surface area contributed by atoms with Crippen molar-refractivity contribution >= 4 is 27.7 Å². The zero-order valence-corrected chi connectivity index (χ0v) is 16.7. The van der Waals surface area contributed by atoms with Gasteiger partial charge in [-0.2, -0.15) is 4.98 Å². The summed E-state index contributed by atoms with van der Waals surface area (Å²) >= 11 is 0. The van der Waals surface area contributed by atoms with Crippen LogP contribution >= 0.6 is 0 Å². The van der Waals surface area contributed by atoms with Crippen LogP contribution in [0.4, 0.5) is 5.82 Å². The molecule has 0 saturated carbocycles.